The van der Waals surface area contributed by atoms with Crippen molar-refractivity contribution in [3.63, 3.8) is 0 Å². The second kappa shape index (κ2) is 5.91. The number of nitrogens with one attached hydrogen (secondary N) is 1. The Bertz CT molecular complexity index is 553. The second-order valence-corrected chi connectivity index (χ2v) is 5.19. The van der Waals surface area contributed by atoms with Gasteiger partial charge in [0.1, 0.15) is 0 Å². The fraction of sp³-hybridized carbons (Fsp3) is 0.267. The van der Waals surface area contributed by atoms with E-state index < -0.39 is 0 Å². The average Bonchev–Trinajstić information content (AvgIpc) is 2.38. The SMILES string of the molecule is CSCC(=O)NC(C)c1ccc2ccccc2c1. The van der Waals surface area contributed by atoms with Gasteiger partial charge in [-0.25, -0.2) is 0 Å². The molecule has 0 aliphatic rings. The highest BCUT2D eigenvalue weighted by Gasteiger charge is 2.09. The molecule has 0 aromatic heterocycles. The summed E-state index contributed by atoms with van der Waals surface area (Å²) in [6.07, 6.45) is 1.93. The lowest BCUT2D eigenvalue weighted by atomic mass is 10.0. The molecule has 1 amide bonds. The van der Waals surface area contributed by atoms with Gasteiger partial charge in [-0.2, -0.15) is 11.8 Å². The minimum Gasteiger partial charge on any atom is -0.349 e. The minimum absolute atomic E-state index is 0.0502. The van der Waals surface area contributed by atoms with Crippen LogP contribution in [0.1, 0.15) is 18.5 Å². The first-order valence-electron chi connectivity index (χ1n) is 5.97. The molecule has 0 heterocycles. The van der Waals surface area contributed by atoms with E-state index in [1.165, 1.54) is 22.5 Å². The normalized spacial score (nSPS) is 12.3. The number of benzene rings is 2. The number of carbonyl (C=O) groups excluding carboxylic acids is 1. The standard InChI is InChI=1S/C15H17NOS/c1-11(16-15(17)10-18-2)13-8-7-12-5-3-4-6-14(12)9-13/h3-9,11H,10H2,1-2H3,(H,16,17). The van der Waals surface area contributed by atoms with Crippen LogP contribution < -0.4 is 5.32 Å². The van der Waals surface area contributed by atoms with Crippen LogP contribution in [0.3, 0.4) is 0 Å². The maximum absolute atomic E-state index is 11.6. The zero-order chi connectivity index (χ0) is 13.0. The lowest BCUT2D eigenvalue weighted by Gasteiger charge is -2.14. The quantitative estimate of drug-likeness (QED) is 0.912. The van der Waals surface area contributed by atoms with E-state index in [0.717, 1.165) is 5.56 Å². The van der Waals surface area contributed by atoms with Crippen molar-refractivity contribution in [2.45, 2.75) is 13.0 Å². The summed E-state index contributed by atoms with van der Waals surface area (Å²) in [5.74, 6) is 0.598. The van der Waals surface area contributed by atoms with E-state index in [4.69, 9.17) is 0 Å². The number of hydrogen-bond donors (Lipinski definition) is 1. The Morgan fingerprint density at radius 1 is 1.22 bits per heavy atom. The van der Waals surface area contributed by atoms with Crippen molar-refractivity contribution in [3.8, 4) is 0 Å². The van der Waals surface area contributed by atoms with E-state index in [1.54, 1.807) is 0 Å². The Kier molecular flexibility index (Phi) is 4.26. The lowest BCUT2D eigenvalue weighted by Crippen LogP contribution is -2.28. The van der Waals surface area contributed by atoms with Crippen molar-refractivity contribution in [2.24, 2.45) is 0 Å². The van der Waals surface area contributed by atoms with Crippen LogP contribution in [0.25, 0.3) is 10.8 Å². The molecule has 0 radical (unpaired) electrons. The molecule has 1 unspecified atom stereocenters. The molecule has 0 saturated heterocycles. The Balaban J connectivity index is 2.17. The highest BCUT2D eigenvalue weighted by atomic mass is 32.2. The van der Waals surface area contributed by atoms with Gasteiger partial charge in [0.25, 0.3) is 0 Å². The third-order valence-corrected chi connectivity index (χ3v) is 3.48. The van der Waals surface area contributed by atoms with Gasteiger partial charge in [0.05, 0.1) is 11.8 Å². The van der Waals surface area contributed by atoms with Crippen molar-refractivity contribution < 1.29 is 4.79 Å². The van der Waals surface area contributed by atoms with E-state index in [-0.39, 0.29) is 11.9 Å². The van der Waals surface area contributed by atoms with Crippen LogP contribution in [0.2, 0.25) is 0 Å². The van der Waals surface area contributed by atoms with Crippen molar-refractivity contribution in [1.82, 2.24) is 5.32 Å². The molecule has 1 atom stereocenters. The molecule has 0 aliphatic heterocycles. The van der Waals surface area contributed by atoms with E-state index in [2.05, 4.69) is 35.6 Å². The molecule has 18 heavy (non-hydrogen) atoms. The summed E-state index contributed by atoms with van der Waals surface area (Å²) in [5.41, 5.74) is 1.14. The van der Waals surface area contributed by atoms with Gasteiger partial charge in [-0.1, -0.05) is 36.4 Å². The zero-order valence-electron chi connectivity index (χ0n) is 10.6. The number of carbonyl (C=O) groups is 1. The monoisotopic (exact) mass is 259 g/mol. The van der Waals surface area contributed by atoms with Gasteiger partial charge in [-0.15, -0.1) is 0 Å². The summed E-state index contributed by atoms with van der Waals surface area (Å²) in [7, 11) is 0. The third kappa shape index (κ3) is 3.05. The summed E-state index contributed by atoms with van der Waals surface area (Å²) >= 11 is 1.54. The highest BCUT2D eigenvalue weighted by molar-refractivity contribution is 7.99. The van der Waals surface area contributed by atoms with Crippen molar-refractivity contribution in [2.75, 3.05) is 12.0 Å². The fourth-order valence-electron chi connectivity index (χ4n) is 1.97. The van der Waals surface area contributed by atoms with Crippen molar-refractivity contribution >= 4 is 28.4 Å². The molecule has 0 spiro atoms. The van der Waals surface area contributed by atoms with Gasteiger partial charge >= 0.3 is 0 Å². The van der Waals surface area contributed by atoms with Crippen molar-refractivity contribution in [1.29, 1.82) is 0 Å². The predicted octanol–water partition coefficient (Wildman–Crippen LogP) is 3.38. The second-order valence-electron chi connectivity index (χ2n) is 4.33. The molecule has 0 aliphatic carbocycles. The molecule has 3 heteroatoms. The molecule has 2 nitrogen and oxygen atoms in total. The summed E-state index contributed by atoms with van der Waals surface area (Å²) in [4.78, 5) is 11.6. The Hall–Kier alpha value is -1.48. The van der Waals surface area contributed by atoms with Crippen LogP contribution in [-0.4, -0.2) is 17.9 Å². The first-order valence-corrected chi connectivity index (χ1v) is 7.37. The van der Waals surface area contributed by atoms with Crippen LogP contribution in [0.5, 0.6) is 0 Å². The molecular weight excluding hydrogens is 242 g/mol. The smallest absolute Gasteiger partial charge is 0.230 e. The number of amides is 1. The Labute approximate surface area is 112 Å². The predicted molar refractivity (Wildman–Crippen MR) is 78.9 cm³/mol. The highest BCUT2D eigenvalue weighted by Crippen LogP contribution is 2.20. The van der Waals surface area contributed by atoms with Crippen molar-refractivity contribution in [3.05, 3.63) is 48.0 Å². The molecule has 0 bridgehead atoms. The fourth-order valence-corrected chi connectivity index (χ4v) is 2.32. The van der Waals surface area contributed by atoms with E-state index in [9.17, 15) is 4.79 Å². The topological polar surface area (TPSA) is 29.1 Å². The number of hydrogen-bond acceptors (Lipinski definition) is 2. The number of thioether (sulfide) groups is 1. The first-order chi connectivity index (χ1) is 8.70. The van der Waals surface area contributed by atoms with Gasteiger partial charge in [-0.3, -0.25) is 4.79 Å². The van der Waals surface area contributed by atoms with Gasteiger partial charge in [0.2, 0.25) is 5.91 Å². The third-order valence-electron chi connectivity index (χ3n) is 2.93. The first kappa shape index (κ1) is 13.0. The van der Waals surface area contributed by atoms with Crippen LogP contribution in [0.4, 0.5) is 0 Å². The molecule has 0 fully saturated rings. The zero-order valence-corrected chi connectivity index (χ0v) is 11.5. The molecular formula is C15H17NOS. The number of fused-ring (bicyclic) bond motifs is 1. The van der Waals surface area contributed by atoms with Gasteiger partial charge in [-0.05, 0) is 35.6 Å². The summed E-state index contributed by atoms with van der Waals surface area (Å²) in [5, 5.41) is 5.44. The van der Waals surface area contributed by atoms with Gasteiger partial charge < -0.3 is 5.32 Å². The van der Waals surface area contributed by atoms with Gasteiger partial charge in [0.15, 0.2) is 0 Å². The Morgan fingerprint density at radius 2 is 1.94 bits per heavy atom. The van der Waals surface area contributed by atoms with E-state index >= 15 is 0 Å². The molecule has 0 saturated carbocycles. The summed E-state index contributed by atoms with van der Waals surface area (Å²) in [6, 6.07) is 14.6. The molecule has 2 aromatic carbocycles. The van der Waals surface area contributed by atoms with Crippen LogP contribution in [0, 0.1) is 0 Å². The van der Waals surface area contributed by atoms with E-state index in [0.29, 0.717) is 5.75 Å². The molecule has 2 rings (SSSR count). The largest absolute Gasteiger partial charge is 0.349 e. The van der Waals surface area contributed by atoms with E-state index in [1.807, 2.05) is 25.3 Å². The molecule has 1 N–H and O–H groups in total. The van der Waals surface area contributed by atoms with Crippen LogP contribution in [-0.2, 0) is 4.79 Å². The Morgan fingerprint density at radius 3 is 2.67 bits per heavy atom. The van der Waals surface area contributed by atoms with Crippen LogP contribution >= 0.6 is 11.8 Å². The maximum Gasteiger partial charge on any atom is 0.230 e. The van der Waals surface area contributed by atoms with Gasteiger partial charge in [0, 0.05) is 0 Å². The maximum atomic E-state index is 11.6. The van der Waals surface area contributed by atoms with Crippen LogP contribution in [0.15, 0.2) is 42.5 Å². The lowest BCUT2D eigenvalue weighted by molar-refractivity contribution is -0.119. The number of rotatable bonds is 4. The summed E-state index contributed by atoms with van der Waals surface area (Å²) in [6.45, 7) is 2.02. The molecule has 2 aromatic rings. The molecule has 94 valence electrons. The summed E-state index contributed by atoms with van der Waals surface area (Å²) < 4.78 is 0. The minimum atomic E-state index is 0.0502. The average molecular weight is 259 g/mol.